The number of ether oxygens (including phenoxy) is 1. The molecule has 2 aromatic heterocycles. The number of furan rings is 1. The lowest BCUT2D eigenvalue weighted by atomic mass is 9.98. The van der Waals surface area contributed by atoms with Crippen LogP contribution >= 0.6 is 0 Å². The molecule has 3 heterocycles. The van der Waals surface area contributed by atoms with Crippen LogP contribution in [0.15, 0.2) is 22.8 Å². The predicted octanol–water partition coefficient (Wildman–Crippen LogP) is 2.03. The van der Waals surface area contributed by atoms with Crippen molar-refractivity contribution in [1.82, 2.24) is 19.9 Å². The topological polar surface area (TPSA) is 56.3 Å². The highest BCUT2D eigenvalue weighted by Gasteiger charge is 2.33. The van der Waals surface area contributed by atoms with Gasteiger partial charge >= 0.3 is 0 Å². The minimum absolute atomic E-state index is 0.331. The van der Waals surface area contributed by atoms with Crippen molar-refractivity contribution >= 4 is 0 Å². The fraction of sp³-hybridized carbons (Fsp3) is 0.625. The molecule has 1 aliphatic carbocycles. The first kappa shape index (κ1) is 14.0. The van der Waals surface area contributed by atoms with Crippen molar-refractivity contribution in [2.24, 2.45) is 5.92 Å². The zero-order valence-corrected chi connectivity index (χ0v) is 12.9. The first-order chi connectivity index (χ1) is 10.8. The van der Waals surface area contributed by atoms with Gasteiger partial charge in [0, 0.05) is 32.7 Å². The van der Waals surface area contributed by atoms with Crippen LogP contribution < -0.4 is 0 Å². The number of methoxy groups -OCH3 is 1. The van der Waals surface area contributed by atoms with Gasteiger partial charge in [-0.3, -0.25) is 4.90 Å². The lowest BCUT2D eigenvalue weighted by Crippen LogP contribution is -2.36. The maximum absolute atomic E-state index is 5.47. The predicted molar refractivity (Wildman–Crippen MR) is 80.2 cm³/mol. The smallest absolute Gasteiger partial charge is 0.117 e. The van der Waals surface area contributed by atoms with Crippen molar-refractivity contribution in [2.45, 2.75) is 38.4 Å². The molecule has 0 spiro atoms. The molecule has 6 heteroatoms. The number of hydrogen-bond acceptors (Lipinski definition) is 5. The molecule has 1 aliphatic heterocycles. The maximum atomic E-state index is 5.47. The summed E-state index contributed by atoms with van der Waals surface area (Å²) in [5.41, 5.74) is 2.38. The van der Waals surface area contributed by atoms with Gasteiger partial charge in [0.25, 0.3) is 0 Å². The fourth-order valence-electron chi connectivity index (χ4n) is 3.35. The van der Waals surface area contributed by atoms with E-state index in [9.17, 15) is 0 Å². The summed E-state index contributed by atoms with van der Waals surface area (Å²) in [6.45, 7) is 4.32. The number of fused-ring (bicyclic) bond motifs is 1. The minimum atomic E-state index is 0.331. The largest absolute Gasteiger partial charge is 0.468 e. The van der Waals surface area contributed by atoms with Crippen LogP contribution in [0.4, 0.5) is 0 Å². The monoisotopic (exact) mass is 302 g/mol. The Hall–Kier alpha value is -1.66. The van der Waals surface area contributed by atoms with Crippen LogP contribution in [-0.2, 0) is 24.4 Å². The van der Waals surface area contributed by atoms with Gasteiger partial charge in [0.15, 0.2) is 0 Å². The summed E-state index contributed by atoms with van der Waals surface area (Å²) in [6, 6.07) is 3.95. The molecule has 4 rings (SSSR count). The van der Waals surface area contributed by atoms with Gasteiger partial charge in [0.05, 0.1) is 25.1 Å². The summed E-state index contributed by atoms with van der Waals surface area (Å²) >= 11 is 0. The third-order valence-corrected chi connectivity index (χ3v) is 4.54. The van der Waals surface area contributed by atoms with Gasteiger partial charge in [-0.2, -0.15) is 0 Å². The van der Waals surface area contributed by atoms with Crippen LogP contribution in [0.1, 0.15) is 35.9 Å². The molecular weight excluding hydrogens is 280 g/mol. The maximum Gasteiger partial charge on any atom is 0.117 e. The van der Waals surface area contributed by atoms with Gasteiger partial charge in [-0.1, -0.05) is 5.21 Å². The molecule has 0 amide bonds. The number of hydrogen-bond donors (Lipinski definition) is 0. The van der Waals surface area contributed by atoms with Gasteiger partial charge in [-0.15, -0.1) is 5.10 Å². The average molecular weight is 302 g/mol. The number of rotatable bonds is 6. The van der Waals surface area contributed by atoms with Crippen molar-refractivity contribution in [3.63, 3.8) is 0 Å². The Morgan fingerprint density at radius 1 is 1.41 bits per heavy atom. The van der Waals surface area contributed by atoms with Crippen LogP contribution in [0, 0.1) is 5.92 Å². The van der Waals surface area contributed by atoms with Crippen LogP contribution in [0.3, 0.4) is 0 Å². The molecule has 22 heavy (non-hydrogen) atoms. The van der Waals surface area contributed by atoms with Crippen LogP contribution in [0.5, 0.6) is 0 Å². The Labute approximate surface area is 130 Å². The summed E-state index contributed by atoms with van der Waals surface area (Å²) in [5.74, 6) is 2.12. The van der Waals surface area contributed by atoms with Gasteiger partial charge < -0.3 is 9.15 Å². The summed E-state index contributed by atoms with van der Waals surface area (Å²) in [6.07, 6.45) is 4.38. The summed E-state index contributed by atoms with van der Waals surface area (Å²) < 4.78 is 13.0. The van der Waals surface area contributed by atoms with Gasteiger partial charge in [-0.25, -0.2) is 4.68 Å². The summed E-state index contributed by atoms with van der Waals surface area (Å²) in [5, 5.41) is 8.84. The quantitative estimate of drug-likeness (QED) is 0.817. The van der Waals surface area contributed by atoms with Crippen LogP contribution in [0.25, 0.3) is 0 Å². The van der Waals surface area contributed by atoms with Gasteiger partial charge in [-0.05, 0) is 30.9 Å². The molecule has 0 bridgehead atoms. The molecule has 1 atom stereocenters. The summed E-state index contributed by atoms with van der Waals surface area (Å²) in [4.78, 5) is 2.36. The van der Waals surface area contributed by atoms with E-state index in [0.717, 1.165) is 43.6 Å². The molecule has 0 saturated heterocycles. The summed E-state index contributed by atoms with van der Waals surface area (Å²) in [7, 11) is 1.76. The van der Waals surface area contributed by atoms with Gasteiger partial charge in [0.2, 0.25) is 0 Å². The van der Waals surface area contributed by atoms with Crippen LogP contribution in [0.2, 0.25) is 0 Å². The normalized spacial score (nSPS) is 22.0. The van der Waals surface area contributed by atoms with E-state index in [0.29, 0.717) is 12.5 Å². The Morgan fingerprint density at radius 2 is 2.32 bits per heavy atom. The second-order valence-electron chi connectivity index (χ2n) is 6.45. The second kappa shape index (κ2) is 5.85. The molecule has 2 aliphatic rings. The highest BCUT2D eigenvalue weighted by Crippen LogP contribution is 2.34. The SMILES string of the molecule is COC[C@H]1CN(Cc2ccco2)Cc2nnn(CC3CC3)c21. The van der Waals surface area contributed by atoms with E-state index in [1.807, 2.05) is 12.1 Å². The van der Waals surface area contributed by atoms with E-state index >= 15 is 0 Å². The standard InChI is InChI=1S/C16H22N4O2/c1-21-11-13-8-19(9-14-3-2-6-22-14)10-15-16(13)20(18-17-15)7-12-4-5-12/h2-3,6,12-13H,4-5,7-11H2,1H3/t13-/m1/s1. The molecule has 118 valence electrons. The molecule has 0 aromatic carbocycles. The molecular formula is C16H22N4O2. The zero-order chi connectivity index (χ0) is 14.9. The molecule has 0 unspecified atom stereocenters. The molecule has 0 N–H and O–H groups in total. The van der Waals surface area contributed by atoms with E-state index in [4.69, 9.17) is 9.15 Å². The van der Waals surface area contributed by atoms with E-state index in [1.165, 1.54) is 18.5 Å². The Kier molecular flexibility index (Phi) is 3.72. The van der Waals surface area contributed by atoms with Crippen molar-refractivity contribution in [1.29, 1.82) is 0 Å². The highest BCUT2D eigenvalue weighted by molar-refractivity contribution is 5.20. The molecule has 1 saturated carbocycles. The zero-order valence-electron chi connectivity index (χ0n) is 12.9. The highest BCUT2D eigenvalue weighted by atomic mass is 16.5. The molecule has 0 radical (unpaired) electrons. The fourth-order valence-corrected chi connectivity index (χ4v) is 3.35. The average Bonchev–Trinajstić information content (AvgIpc) is 3.00. The van der Waals surface area contributed by atoms with Crippen molar-refractivity contribution in [3.05, 3.63) is 35.5 Å². The minimum Gasteiger partial charge on any atom is -0.468 e. The van der Waals surface area contributed by atoms with Gasteiger partial charge in [0.1, 0.15) is 11.5 Å². The Bertz CT molecular complexity index is 618. The van der Waals surface area contributed by atoms with Crippen molar-refractivity contribution in [2.75, 3.05) is 20.3 Å². The first-order valence-corrected chi connectivity index (χ1v) is 7.99. The third kappa shape index (κ3) is 2.80. The molecule has 6 nitrogen and oxygen atoms in total. The first-order valence-electron chi connectivity index (χ1n) is 7.99. The number of nitrogens with zero attached hydrogens (tertiary/aromatic N) is 4. The molecule has 1 fully saturated rings. The Morgan fingerprint density at radius 3 is 3.05 bits per heavy atom. The second-order valence-corrected chi connectivity index (χ2v) is 6.45. The third-order valence-electron chi connectivity index (χ3n) is 4.54. The molecule has 2 aromatic rings. The number of aromatic nitrogens is 3. The van der Waals surface area contributed by atoms with E-state index in [1.54, 1.807) is 13.4 Å². The van der Waals surface area contributed by atoms with E-state index < -0.39 is 0 Å². The van der Waals surface area contributed by atoms with Crippen molar-refractivity contribution in [3.8, 4) is 0 Å². The lowest BCUT2D eigenvalue weighted by Gasteiger charge is -2.31. The lowest BCUT2D eigenvalue weighted by molar-refractivity contribution is 0.127. The Balaban J connectivity index is 1.55. The van der Waals surface area contributed by atoms with E-state index in [2.05, 4.69) is 19.9 Å². The van der Waals surface area contributed by atoms with Crippen LogP contribution in [-0.4, -0.2) is 40.2 Å². The van der Waals surface area contributed by atoms with E-state index in [-0.39, 0.29) is 0 Å². The van der Waals surface area contributed by atoms with Crippen molar-refractivity contribution < 1.29 is 9.15 Å².